The Labute approximate surface area is 330 Å². The molecule has 7 atom stereocenters. The summed E-state index contributed by atoms with van der Waals surface area (Å²) in [7, 11) is 0. The number of carbonyl (C=O) groups is 7. The second kappa shape index (κ2) is 18.4. The lowest BCUT2D eigenvalue weighted by molar-refractivity contribution is -0.157. The van der Waals surface area contributed by atoms with Gasteiger partial charge in [-0.05, 0) is 68.2 Å². The number of hydrogen-bond acceptors (Lipinski definition) is 8. The number of rotatable bonds is 8. The van der Waals surface area contributed by atoms with Gasteiger partial charge >= 0.3 is 5.97 Å². The topological polar surface area (TPSA) is 175 Å². The van der Waals surface area contributed by atoms with Crippen LogP contribution < -0.4 is 16.0 Å². The Morgan fingerprint density at radius 3 is 2.37 bits per heavy atom. The normalized spacial score (nSPS) is 28.0. The lowest BCUT2D eigenvalue weighted by atomic mass is 9.86. The molecule has 0 unspecified atom stereocenters. The van der Waals surface area contributed by atoms with Gasteiger partial charge in [-0.3, -0.25) is 28.8 Å². The highest BCUT2D eigenvalue weighted by Crippen LogP contribution is 2.28. The van der Waals surface area contributed by atoms with Crippen LogP contribution in [-0.4, -0.2) is 112 Å². The van der Waals surface area contributed by atoms with E-state index in [1.54, 1.807) is 12.2 Å². The van der Waals surface area contributed by atoms with E-state index >= 15 is 0 Å². The summed E-state index contributed by atoms with van der Waals surface area (Å²) >= 11 is 0. The molecule has 1 saturated carbocycles. The smallest absolute Gasteiger partial charge is 0.328 e. The molecule has 14 nitrogen and oxygen atoms in total. The number of esters is 1. The van der Waals surface area contributed by atoms with Gasteiger partial charge in [0.25, 0.3) is 0 Å². The van der Waals surface area contributed by atoms with Crippen LogP contribution in [0.4, 0.5) is 8.78 Å². The molecule has 57 heavy (non-hydrogen) atoms. The lowest BCUT2D eigenvalue weighted by Crippen LogP contribution is -2.60. The van der Waals surface area contributed by atoms with Crippen molar-refractivity contribution in [2.75, 3.05) is 19.7 Å². The van der Waals surface area contributed by atoms with Gasteiger partial charge in [0.15, 0.2) is 0 Å². The second-order valence-corrected chi connectivity index (χ2v) is 16.0. The predicted octanol–water partition coefficient (Wildman–Crippen LogP) is 2.41. The average molecular weight is 795 g/mol. The van der Waals surface area contributed by atoms with E-state index in [0.717, 1.165) is 44.2 Å². The van der Waals surface area contributed by atoms with Gasteiger partial charge in [0, 0.05) is 38.2 Å². The molecule has 0 bridgehead atoms. The molecule has 3 saturated heterocycles. The first-order valence-corrected chi connectivity index (χ1v) is 20.1. The molecule has 5 aliphatic rings. The SMILES string of the molecule is C[C@@H]1C[C@H]2C(=O)OC[C@H](NC(=O)[C@H](Cc3cc(F)cc(F)c3)NC(=O)CCC3CCCCC3)C(=O)N3CCC[C@H]3C(=O)N3C=CC=C[C@H]3C(=O)N[C@@H](C)C(=O)N2C1. The number of benzene rings is 1. The number of cyclic esters (lactones) is 1. The van der Waals surface area contributed by atoms with Crippen molar-refractivity contribution in [3.63, 3.8) is 0 Å². The Morgan fingerprint density at radius 2 is 1.63 bits per heavy atom. The molecule has 1 aromatic carbocycles. The number of ether oxygens (including phenoxy) is 1. The quantitative estimate of drug-likeness (QED) is 0.337. The van der Waals surface area contributed by atoms with Gasteiger partial charge in [-0.25, -0.2) is 13.6 Å². The van der Waals surface area contributed by atoms with Crippen molar-refractivity contribution in [3.8, 4) is 0 Å². The lowest BCUT2D eigenvalue weighted by Gasteiger charge is -2.35. The van der Waals surface area contributed by atoms with Crippen LogP contribution in [0.25, 0.3) is 0 Å². The van der Waals surface area contributed by atoms with Crippen LogP contribution in [0.3, 0.4) is 0 Å². The first-order chi connectivity index (χ1) is 27.3. The van der Waals surface area contributed by atoms with E-state index in [9.17, 15) is 42.3 Å². The number of nitrogens with zero attached hydrogens (tertiary/aromatic N) is 3. The van der Waals surface area contributed by atoms with E-state index in [0.29, 0.717) is 24.8 Å². The van der Waals surface area contributed by atoms with Gasteiger partial charge in [-0.15, -0.1) is 0 Å². The van der Waals surface area contributed by atoms with E-state index in [4.69, 9.17) is 4.74 Å². The van der Waals surface area contributed by atoms with Gasteiger partial charge in [-0.2, -0.15) is 0 Å². The molecule has 6 rings (SSSR count). The number of allylic oxidation sites excluding steroid dienone is 2. The molecule has 16 heteroatoms. The molecular weight excluding hydrogens is 742 g/mol. The number of halogens is 2. The summed E-state index contributed by atoms with van der Waals surface area (Å²) in [5.74, 6) is -6.12. The predicted molar refractivity (Wildman–Crippen MR) is 201 cm³/mol. The number of carbonyl (C=O) groups excluding carboxylic acids is 7. The fraction of sp³-hybridized carbons (Fsp3) is 0.585. The second-order valence-electron chi connectivity index (χ2n) is 16.0. The van der Waals surface area contributed by atoms with Gasteiger partial charge in [-0.1, -0.05) is 51.2 Å². The van der Waals surface area contributed by atoms with Crippen LogP contribution >= 0.6 is 0 Å². The third-order valence-corrected chi connectivity index (χ3v) is 11.6. The van der Waals surface area contributed by atoms with Crippen LogP contribution in [-0.2, 0) is 44.7 Å². The van der Waals surface area contributed by atoms with Crippen molar-refractivity contribution in [3.05, 3.63) is 59.8 Å². The summed E-state index contributed by atoms with van der Waals surface area (Å²) in [4.78, 5) is 101. The highest BCUT2D eigenvalue weighted by Gasteiger charge is 2.45. The van der Waals surface area contributed by atoms with Crippen LogP contribution in [0.2, 0.25) is 0 Å². The summed E-state index contributed by atoms with van der Waals surface area (Å²) in [6.45, 7) is 2.99. The molecule has 308 valence electrons. The zero-order chi connectivity index (χ0) is 40.8. The largest absolute Gasteiger partial charge is 0.461 e. The minimum Gasteiger partial charge on any atom is -0.461 e. The molecule has 3 N–H and O–H groups in total. The summed E-state index contributed by atoms with van der Waals surface area (Å²) in [5, 5.41) is 8.01. The molecule has 0 radical (unpaired) electrons. The molecule has 4 fully saturated rings. The first kappa shape index (κ1) is 41.5. The van der Waals surface area contributed by atoms with Crippen molar-refractivity contribution in [1.29, 1.82) is 0 Å². The number of hydrogen-bond donors (Lipinski definition) is 3. The Bertz CT molecular complexity index is 1780. The van der Waals surface area contributed by atoms with E-state index in [1.165, 1.54) is 33.9 Å². The summed E-state index contributed by atoms with van der Waals surface area (Å²) in [6, 6.07) is -4.45. The maximum absolute atomic E-state index is 14.5. The highest BCUT2D eigenvalue weighted by atomic mass is 19.1. The van der Waals surface area contributed by atoms with Crippen molar-refractivity contribution < 1.29 is 47.1 Å². The van der Waals surface area contributed by atoms with E-state index in [-0.39, 0.29) is 50.3 Å². The van der Waals surface area contributed by atoms with Gasteiger partial charge in [0.05, 0.1) is 0 Å². The molecule has 4 heterocycles. The standard InChI is InChI=1S/C41H52F2N6O8/c1-24-17-34-41(56)57-23-31(46-36(51)30(20-27-18-28(42)21-29(43)19-27)45-35(50)14-13-26-9-4-3-5-10-26)39(54)48-16-8-12-33(48)40(55)47-15-7-6-11-32(47)37(52)44-25(2)38(53)49(34)22-24/h6-7,11,15,18-19,21,24-26,30-34H,3-5,8-10,12-14,16-17,20,22-23H2,1-2H3,(H,44,52)(H,45,50)(H,46,51)/t24-,25+,30+,31+,32+,33+,34+/m1/s1. The number of nitrogens with one attached hydrogen (secondary N) is 3. The number of fused-ring (bicyclic) bond motifs is 3. The molecule has 1 aliphatic carbocycles. The van der Waals surface area contributed by atoms with E-state index in [2.05, 4.69) is 16.0 Å². The van der Waals surface area contributed by atoms with Crippen molar-refractivity contribution in [2.24, 2.45) is 11.8 Å². The van der Waals surface area contributed by atoms with E-state index in [1.807, 2.05) is 6.92 Å². The minimum absolute atomic E-state index is 0.0812. The monoisotopic (exact) mass is 794 g/mol. The molecular formula is C41H52F2N6O8. The third kappa shape index (κ3) is 10.1. The highest BCUT2D eigenvalue weighted by molar-refractivity contribution is 5.98. The van der Waals surface area contributed by atoms with Gasteiger partial charge in [0.2, 0.25) is 35.4 Å². The fourth-order valence-corrected chi connectivity index (χ4v) is 8.66. The minimum atomic E-state index is -1.56. The van der Waals surface area contributed by atoms with Crippen molar-refractivity contribution >= 4 is 41.4 Å². The molecule has 1 aromatic rings. The zero-order valence-electron chi connectivity index (χ0n) is 32.4. The van der Waals surface area contributed by atoms with Crippen molar-refractivity contribution in [1.82, 2.24) is 30.7 Å². The maximum atomic E-state index is 14.5. The fourth-order valence-electron chi connectivity index (χ4n) is 8.66. The van der Waals surface area contributed by atoms with Crippen LogP contribution in [0.5, 0.6) is 0 Å². The molecule has 0 aromatic heterocycles. The van der Waals surface area contributed by atoms with Crippen LogP contribution in [0.1, 0.15) is 83.6 Å². The molecule has 6 amide bonds. The summed E-state index contributed by atoms with van der Waals surface area (Å²) < 4.78 is 34.2. The first-order valence-electron chi connectivity index (χ1n) is 20.1. The summed E-state index contributed by atoms with van der Waals surface area (Å²) in [6.07, 6.45) is 12.7. The van der Waals surface area contributed by atoms with Crippen LogP contribution in [0.15, 0.2) is 42.6 Å². The Balaban J connectivity index is 1.29. The maximum Gasteiger partial charge on any atom is 0.328 e. The Kier molecular flexibility index (Phi) is 13.4. The Morgan fingerprint density at radius 1 is 0.895 bits per heavy atom. The van der Waals surface area contributed by atoms with E-state index < -0.39 is 95.9 Å². The molecule has 4 aliphatic heterocycles. The summed E-state index contributed by atoms with van der Waals surface area (Å²) in [5.41, 5.74) is 0.0812. The zero-order valence-corrected chi connectivity index (χ0v) is 32.4. The van der Waals surface area contributed by atoms with Gasteiger partial charge in [0.1, 0.15) is 54.5 Å². The Hall–Kier alpha value is -5.15. The van der Waals surface area contributed by atoms with Gasteiger partial charge < -0.3 is 35.4 Å². The molecule has 0 spiro atoms. The number of amides is 6. The average Bonchev–Trinajstić information content (AvgIpc) is 3.84. The third-order valence-electron chi connectivity index (χ3n) is 11.6. The van der Waals surface area contributed by atoms with Crippen LogP contribution in [0, 0.1) is 23.5 Å². The van der Waals surface area contributed by atoms with Crippen molar-refractivity contribution in [2.45, 2.75) is 121 Å².